The summed E-state index contributed by atoms with van der Waals surface area (Å²) in [6.07, 6.45) is 1.81. The van der Waals surface area contributed by atoms with Crippen LogP contribution in [0.1, 0.15) is 5.56 Å². The SMILES string of the molecule is Cc1ccc(N=C(NC#N)Oc2ccccc2)cc1. The maximum Gasteiger partial charge on any atom is 0.309 e. The molecule has 1 N–H and O–H groups in total. The van der Waals surface area contributed by atoms with E-state index in [0.717, 1.165) is 11.3 Å². The minimum atomic E-state index is 0.151. The highest BCUT2D eigenvalue weighted by Gasteiger charge is 2.02. The van der Waals surface area contributed by atoms with Gasteiger partial charge in [-0.2, -0.15) is 10.3 Å². The van der Waals surface area contributed by atoms with Gasteiger partial charge in [0.2, 0.25) is 0 Å². The fraction of sp³-hybridized carbons (Fsp3) is 0.0667. The van der Waals surface area contributed by atoms with Crippen molar-refractivity contribution < 1.29 is 4.74 Å². The Morgan fingerprint density at radius 2 is 1.79 bits per heavy atom. The number of hydrogen-bond acceptors (Lipinski definition) is 3. The average Bonchev–Trinajstić information content (AvgIpc) is 2.43. The topological polar surface area (TPSA) is 57.4 Å². The zero-order valence-corrected chi connectivity index (χ0v) is 10.5. The molecule has 2 aromatic rings. The van der Waals surface area contributed by atoms with Crippen LogP contribution in [0.5, 0.6) is 5.75 Å². The number of nitrogens with one attached hydrogen (secondary N) is 1. The fourth-order valence-corrected chi connectivity index (χ4v) is 1.46. The van der Waals surface area contributed by atoms with E-state index in [9.17, 15) is 0 Å². The summed E-state index contributed by atoms with van der Waals surface area (Å²) in [5.74, 6) is 0.621. The largest absolute Gasteiger partial charge is 0.425 e. The predicted molar refractivity (Wildman–Crippen MR) is 74.1 cm³/mol. The lowest BCUT2D eigenvalue weighted by Crippen LogP contribution is -2.23. The van der Waals surface area contributed by atoms with E-state index < -0.39 is 0 Å². The van der Waals surface area contributed by atoms with Crippen LogP contribution >= 0.6 is 0 Å². The summed E-state index contributed by atoms with van der Waals surface area (Å²) in [5.41, 5.74) is 1.87. The maximum absolute atomic E-state index is 8.71. The molecule has 0 spiro atoms. The van der Waals surface area contributed by atoms with Crippen molar-refractivity contribution in [3.63, 3.8) is 0 Å². The first kappa shape index (κ1) is 12.7. The molecule has 0 aliphatic rings. The van der Waals surface area contributed by atoms with Crippen LogP contribution in [-0.4, -0.2) is 6.02 Å². The quantitative estimate of drug-likeness (QED) is 0.386. The van der Waals surface area contributed by atoms with E-state index in [1.54, 1.807) is 12.1 Å². The molecule has 2 rings (SSSR count). The Kier molecular flexibility index (Phi) is 4.14. The van der Waals surface area contributed by atoms with Gasteiger partial charge < -0.3 is 4.74 Å². The second-order valence-corrected chi connectivity index (χ2v) is 3.90. The standard InChI is InChI=1S/C15H13N3O/c1-12-7-9-13(10-8-12)18-15(17-11-16)19-14-5-3-2-4-6-14/h2-10H,1H3,(H,17,18). The molecule has 4 heteroatoms. The fourth-order valence-electron chi connectivity index (χ4n) is 1.46. The minimum Gasteiger partial charge on any atom is -0.425 e. The van der Waals surface area contributed by atoms with Crippen molar-refractivity contribution >= 4 is 11.7 Å². The zero-order valence-electron chi connectivity index (χ0n) is 10.5. The number of para-hydroxylation sites is 1. The molecule has 0 unspecified atom stereocenters. The van der Waals surface area contributed by atoms with E-state index in [0.29, 0.717) is 5.75 Å². The molecular weight excluding hydrogens is 238 g/mol. The molecule has 0 aliphatic carbocycles. The third kappa shape index (κ3) is 3.86. The average molecular weight is 251 g/mol. The number of benzene rings is 2. The minimum absolute atomic E-state index is 0.151. The Bertz CT molecular complexity index is 598. The van der Waals surface area contributed by atoms with Crippen molar-refractivity contribution in [2.45, 2.75) is 6.92 Å². The van der Waals surface area contributed by atoms with Gasteiger partial charge in [0.25, 0.3) is 0 Å². The molecule has 0 aliphatic heterocycles. The van der Waals surface area contributed by atoms with Crippen molar-refractivity contribution in [3.8, 4) is 11.9 Å². The highest BCUT2D eigenvalue weighted by molar-refractivity contribution is 5.80. The van der Waals surface area contributed by atoms with Gasteiger partial charge in [-0.15, -0.1) is 0 Å². The summed E-state index contributed by atoms with van der Waals surface area (Å²) in [5, 5.41) is 11.1. The molecule has 0 saturated heterocycles. The van der Waals surface area contributed by atoms with Crippen LogP contribution in [-0.2, 0) is 0 Å². The first-order valence-electron chi connectivity index (χ1n) is 5.81. The molecule has 0 bridgehead atoms. The molecule has 2 aromatic carbocycles. The first-order chi connectivity index (χ1) is 9.28. The van der Waals surface area contributed by atoms with Crippen LogP contribution in [0.4, 0.5) is 5.69 Å². The van der Waals surface area contributed by atoms with Gasteiger partial charge in [0.15, 0.2) is 6.19 Å². The number of hydrogen-bond donors (Lipinski definition) is 1. The summed E-state index contributed by atoms with van der Waals surface area (Å²) < 4.78 is 5.51. The lowest BCUT2D eigenvalue weighted by atomic mass is 10.2. The molecule has 0 radical (unpaired) electrons. The number of rotatable bonds is 2. The number of amidine groups is 1. The van der Waals surface area contributed by atoms with Crippen LogP contribution in [0.2, 0.25) is 0 Å². The summed E-state index contributed by atoms with van der Waals surface area (Å²) in [7, 11) is 0. The van der Waals surface area contributed by atoms with Crippen molar-refractivity contribution in [2.24, 2.45) is 4.99 Å². The molecule has 0 fully saturated rings. The normalized spacial score (nSPS) is 10.6. The van der Waals surface area contributed by atoms with Gasteiger partial charge in [0.1, 0.15) is 5.75 Å². The lowest BCUT2D eigenvalue weighted by molar-refractivity contribution is 0.531. The predicted octanol–water partition coefficient (Wildman–Crippen LogP) is 3.13. The second kappa shape index (κ2) is 6.22. The van der Waals surface area contributed by atoms with Crippen LogP contribution in [0.3, 0.4) is 0 Å². The van der Waals surface area contributed by atoms with Gasteiger partial charge in [0.05, 0.1) is 5.69 Å². The highest BCUT2D eigenvalue weighted by Crippen LogP contribution is 2.14. The van der Waals surface area contributed by atoms with Crippen molar-refractivity contribution in [3.05, 3.63) is 60.2 Å². The molecular formula is C15H13N3O. The van der Waals surface area contributed by atoms with Crippen molar-refractivity contribution in [1.82, 2.24) is 5.32 Å². The molecule has 0 aromatic heterocycles. The Morgan fingerprint density at radius 3 is 2.42 bits per heavy atom. The van der Waals surface area contributed by atoms with Gasteiger partial charge in [0, 0.05) is 0 Å². The van der Waals surface area contributed by atoms with E-state index in [1.807, 2.05) is 55.6 Å². The van der Waals surface area contributed by atoms with Gasteiger partial charge in [-0.05, 0) is 31.2 Å². The van der Waals surface area contributed by atoms with Gasteiger partial charge >= 0.3 is 6.02 Å². The third-order valence-corrected chi connectivity index (χ3v) is 2.39. The van der Waals surface area contributed by atoms with Gasteiger partial charge in [-0.1, -0.05) is 35.9 Å². The molecule has 0 heterocycles. The van der Waals surface area contributed by atoms with E-state index in [-0.39, 0.29) is 6.02 Å². The first-order valence-corrected chi connectivity index (χ1v) is 5.81. The number of nitriles is 1. The van der Waals surface area contributed by atoms with Gasteiger partial charge in [-0.3, -0.25) is 0 Å². The van der Waals surface area contributed by atoms with E-state index in [4.69, 9.17) is 10.00 Å². The summed E-state index contributed by atoms with van der Waals surface area (Å²) >= 11 is 0. The Morgan fingerprint density at radius 1 is 1.11 bits per heavy atom. The van der Waals surface area contributed by atoms with Crippen LogP contribution < -0.4 is 10.1 Å². The van der Waals surface area contributed by atoms with Crippen LogP contribution in [0.25, 0.3) is 0 Å². The van der Waals surface area contributed by atoms with Crippen LogP contribution in [0.15, 0.2) is 59.6 Å². The molecule has 4 nitrogen and oxygen atoms in total. The number of ether oxygens (including phenoxy) is 1. The summed E-state index contributed by atoms with van der Waals surface area (Å²) in [6, 6.07) is 17.0. The Labute approximate surface area is 112 Å². The lowest BCUT2D eigenvalue weighted by Gasteiger charge is -2.06. The number of nitrogens with zero attached hydrogens (tertiary/aromatic N) is 2. The van der Waals surface area contributed by atoms with E-state index in [1.165, 1.54) is 0 Å². The molecule has 0 amide bonds. The summed E-state index contributed by atoms with van der Waals surface area (Å²) in [6.45, 7) is 2.00. The monoisotopic (exact) mass is 251 g/mol. The smallest absolute Gasteiger partial charge is 0.309 e. The van der Waals surface area contributed by atoms with Crippen molar-refractivity contribution in [1.29, 1.82) is 5.26 Å². The number of aliphatic imine (C=N–C) groups is 1. The van der Waals surface area contributed by atoms with Gasteiger partial charge in [-0.25, -0.2) is 5.32 Å². The van der Waals surface area contributed by atoms with Crippen LogP contribution in [0, 0.1) is 18.4 Å². The Balaban J connectivity index is 2.20. The molecule has 0 saturated carbocycles. The van der Waals surface area contributed by atoms with E-state index in [2.05, 4.69) is 10.3 Å². The highest BCUT2D eigenvalue weighted by atomic mass is 16.5. The summed E-state index contributed by atoms with van der Waals surface area (Å²) in [4.78, 5) is 4.25. The molecule has 19 heavy (non-hydrogen) atoms. The van der Waals surface area contributed by atoms with E-state index >= 15 is 0 Å². The van der Waals surface area contributed by atoms with Crippen molar-refractivity contribution in [2.75, 3.05) is 0 Å². The third-order valence-electron chi connectivity index (χ3n) is 2.39. The number of aryl methyl sites for hydroxylation is 1. The molecule has 94 valence electrons. The maximum atomic E-state index is 8.71. The molecule has 0 atom stereocenters. The second-order valence-electron chi connectivity index (χ2n) is 3.90. The Hall–Kier alpha value is -2.80. The zero-order chi connectivity index (χ0) is 13.5.